The lowest BCUT2D eigenvalue weighted by Gasteiger charge is -2.36. The number of nitrogens with one attached hydrogen (secondary N) is 1. The molecule has 0 atom stereocenters. The molecule has 10 heteroatoms. The number of aromatic nitrogens is 4. The summed E-state index contributed by atoms with van der Waals surface area (Å²) in [6.45, 7) is 5.68. The Bertz CT molecular complexity index is 1400. The Morgan fingerprint density at radius 2 is 2.03 bits per heavy atom. The van der Waals surface area contributed by atoms with Crippen molar-refractivity contribution in [3.63, 3.8) is 0 Å². The van der Waals surface area contributed by atoms with Crippen LogP contribution in [0.2, 0.25) is 0 Å². The molecule has 172 valence electrons. The van der Waals surface area contributed by atoms with E-state index in [0.717, 1.165) is 30.9 Å². The second-order valence-electron chi connectivity index (χ2n) is 8.43. The largest absolute Gasteiger partial charge is 0.404 e. The van der Waals surface area contributed by atoms with Gasteiger partial charge in [0.15, 0.2) is 0 Å². The Morgan fingerprint density at radius 3 is 2.67 bits per heavy atom. The zero-order chi connectivity index (χ0) is 23.7. The van der Waals surface area contributed by atoms with Gasteiger partial charge in [-0.2, -0.15) is 0 Å². The minimum Gasteiger partial charge on any atom is -0.404 e. The predicted octanol–water partition coefficient (Wildman–Crippen LogP) is 2.25. The monoisotopic (exact) mass is 465 g/mol. The third kappa shape index (κ3) is 4.18. The van der Waals surface area contributed by atoms with Crippen molar-refractivity contribution in [2.45, 2.75) is 32.7 Å². The number of nitrogens with two attached hydrogens (primary N) is 1. The Balaban J connectivity index is 1.89. The van der Waals surface area contributed by atoms with Crippen LogP contribution in [0.25, 0.3) is 27.5 Å². The second kappa shape index (κ2) is 9.22. The number of piperidine rings is 1. The number of likely N-dealkylation sites (tertiary alicyclic amines) is 1. The maximum absolute atomic E-state index is 13.1. The molecular formula is C23H27N7O2S. The van der Waals surface area contributed by atoms with E-state index in [1.165, 1.54) is 12.4 Å². The molecule has 4 heterocycles. The Kier molecular flexibility index (Phi) is 6.37. The van der Waals surface area contributed by atoms with Gasteiger partial charge in [0.05, 0.1) is 27.1 Å². The van der Waals surface area contributed by atoms with Gasteiger partial charge in [-0.1, -0.05) is 26.1 Å². The Hall–Kier alpha value is -3.40. The average molecular weight is 466 g/mol. The zero-order valence-corrected chi connectivity index (χ0v) is 19.7. The van der Waals surface area contributed by atoms with Crippen molar-refractivity contribution in [2.24, 2.45) is 16.6 Å². The van der Waals surface area contributed by atoms with Crippen LogP contribution < -0.4 is 17.0 Å². The number of pyridine rings is 2. The van der Waals surface area contributed by atoms with E-state index in [4.69, 9.17) is 22.9 Å². The van der Waals surface area contributed by atoms with Crippen LogP contribution in [0.5, 0.6) is 0 Å². The molecule has 0 bridgehead atoms. The standard InChI is InChI=1S/C23H27N7O2S/c1-13(2)22(33)29-8-6-15(7-9-29)30-20-16(21(31)28-23(30)32)12-26-18-5-4-17(27-19(18)20)14(10-24)11-25-3/h4-5,10-13,15H,6-9,24H2,1-3H3,(H,28,31,32). The number of thiocarbonyl (C=S) groups is 1. The Labute approximate surface area is 196 Å². The van der Waals surface area contributed by atoms with Crippen LogP contribution in [0, 0.1) is 5.92 Å². The fourth-order valence-electron chi connectivity index (χ4n) is 4.34. The number of fused-ring (bicyclic) bond motifs is 3. The first-order valence-corrected chi connectivity index (χ1v) is 11.3. The number of nitrogens with zero attached hydrogens (tertiary/aromatic N) is 5. The fraction of sp³-hybridized carbons (Fsp3) is 0.391. The molecule has 1 saturated heterocycles. The normalized spacial score (nSPS) is 15.9. The summed E-state index contributed by atoms with van der Waals surface area (Å²) in [6.07, 6.45) is 6.00. The predicted molar refractivity (Wildman–Crippen MR) is 136 cm³/mol. The van der Waals surface area contributed by atoms with Crippen LogP contribution in [0.4, 0.5) is 0 Å². The topological polar surface area (TPSA) is 122 Å². The molecule has 0 saturated carbocycles. The van der Waals surface area contributed by atoms with E-state index in [1.54, 1.807) is 23.9 Å². The van der Waals surface area contributed by atoms with Crippen molar-refractivity contribution in [3.8, 4) is 0 Å². The van der Waals surface area contributed by atoms with Crippen LogP contribution in [-0.2, 0) is 0 Å². The number of aliphatic imine (C=N–C) groups is 1. The lowest BCUT2D eigenvalue weighted by molar-refractivity contribution is 0.262. The van der Waals surface area contributed by atoms with Gasteiger partial charge in [0.1, 0.15) is 5.52 Å². The number of hydrogen-bond acceptors (Lipinski definition) is 7. The smallest absolute Gasteiger partial charge is 0.329 e. The summed E-state index contributed by atoms with van der Waals surface area (Å²) in [4.78, 5) is 44.5. The summed E-state index contributed by atoms with van der Waals surface area (Å²) in [7, 11) is 1.65. The fourth-order valence-corrected chi connectivity index (χ4v) is 4.52. The van der Waals surface area contributed by atoms with Gasteiger partial charge in [0, 0.05) is 56.3 Å². The molecule has 0 spiro atoms. The molecule has 3 aromatic rings. The van der Waals surface area contributed by atoms with Crippen LogP contribution >= 0.6 is 12.2 Å². The molecule has 0 radical (unpaired) electrons. The summed E-state index contributed by atoms with van der Waals surface area (Å²) in [5.41, 5.74) is 7.63. The van der Waals surface area contributed by atoms with E-state index >= 15 is 0 Å². The molecular weight excluding hydrogens is 438 g/mol. The SMILES string of the molecule is CN=CC(=CN)c1ccc2ncc3c(=O)[nH]c(=O)n(C4CCN(C(=S)C(C)C)CC4)c3c2n1. The van der Waals surface area contributed by atoms with Gasteiger partial charge >= 0.3 is 5.69 Å². The third-order valence-electron chi connectivity index (χ3n) is 5.99. The van der Waals surface area contributed by atoms with Crippen molar-refractivity contribution in [1.82, 2.24) is 24.4 Å². The number of allylic oxidation sites excluding steroid dienone is 1. The molecule has 1 aliphatic rings. The molecule has 1 fully saturated rings. The van der Waals surface area contributed by atoms with Crippen molar-refractivity contribution < 1.29 is 0 Å². The first-order valence-electron chi connectivity index (χ1n) is 10.9. The molecule has 1 aliphatic heterocycles. The molecule has 0 amide bonds. The van der Waals surface area contributed by atoms with Gasteiger partial charge in [0.25, 0.3) is 5.56 Å². The zero-order valence-electron chi connectivity index (χ0n) is 18.9. The van der Waals surface area contributed by atoms with Gasteiger partial charge < -0.3 is 10.6 Å². The van der Waals surface area contributed by atoms with Crippen LogP contribution in [0.3, 0.4) is 0 Å². The van der Waals surface area contributed by atoms with Crippen LogP contribution in [-0.4, -0.2) is 55.8 Å². The van der Waals surface area contributed by atoms with Crippen molar-refractivity contribution in [3.05, 3.63) is 51.1 Å². The van der Waals surface area contributed by atoms with E-state index in [2.05, 4.69) is 33.7 Å². The van der Waals surface area contributed by atoms with Crippen molar-refractivity contribution in [1.29, 1.82) is 0 Å². The maximum atomic E-state index is 13.1. The minimum atomic E-state index is -0.476. The van der Waals surface area contributed by atoms with Gasteiger partial charge in [-0.3, -0.25) is 24.3 Å². The molecule has 0 aromatic carbocycles. The van der Waals surface area contributed by atoms with E-state index in [9.17, 15) is 9.59 Å². The van der Waals surface area contributed by atoms with E-state index < -0.39 is 11.2 Å². The molecule has 3 aromatic heterocycles. The van der Waals surface area contributed by atoms with E-state index in [0.29, 0.717) is 39.1 Å². The summed E-state index contributed by atoms with van der Waals surface area (Å²) in [5, 5.41) is 0.328. The first kappa shape index (κ1) is 22.8. The third-order valence-corrected chi connectivity index (χ3v) is 6.72. The summed E-state index contributed by atoms with van der Waals surface area (Å²) in [5.74, 6) is 0.294. The minimum absolute atomic E-state index is 0.0964. The molecule has 4 rings (SSSR count). The second-order valence-corrected chi connectivity index (χ2v) is 8.85. The molecule has 33 heavy (non-hydrogen) atoms. The quantitative estimate of drug-likeness (QED) is 0.344. The number of H-pyrrole nitrogens is 1. The molecule has 3 N–H and O–H groups in total. The Morgan fingerprint density at radius 1 is 1.30 bits per heavy atom. The van der Waals surface area contributed by atoms with E-state index in [-0.39, 0.29) is 6.04 Å². The number of aromatic amines is 1. The van der Waals surface area contributed by atoms with Gasteiger partial charge in [-0.25, -0.2) is 9.78 Å². The lowest BCUT2D eigenvalue weighted by atomic mass is 10.0. The van der Waals surface area contributed by atoms with Crippen LogP contribution in [0.1, 0.15) is 38.4 Å². The maximum Gasteiger partial charge on any atom is 0.329 e. The van der Waals surface area contributed by atoms with E-state index in [1.807, 2.05) is 6.07 Å². The summed E-state index contributed by atoms with van der Waals surface area (Å²) >= 11 is 5.57. The van der Waals surface area contributed by atoms with Gasteiger partial charge in [-0.15, -0.1) is 0 Å². The molecule has 0 aliphatic carbocycles. The van der Waals surface area contributed by atoms with Gasteiger partial charge in [-0.05, 0) is 25.0 Å². The van der Waals surface area contributed by atoms with Gasteiger partial charge in [0.2, 0.25) is 0 Å². The highest BCUT2D eigenvalue weighted by atomic mass is 32.1. The highest BCUT2D eigenvalue weighted by molar-refractivity contribution is 7.80. The summed E-state index contributed by atoms with van der Waals surface area (Å²) in [6, 6.07) is 3.51. The first-order chi connectivity index (χ1) is 15.8. The molecule has 9 nitrogen and oxygen atoms in total. The molecule has 0 unspecified atom stereocenters. The highest BCUT2D eigenvalue weighted by Gasteiger charge is 2.26. The number of hydrogen-bond donors (Lipinski definition) is 2. The van der Waals surface area contributed by atoms with Crippen LogP contribution in [0.15, 0.2) is 39.1 Å². The summed E-state index contributed by atoms with van der Waals surface area (Å²) < 4.78 is 1.67. The lowest BCUT2D eigenvalue weighted by Crippen LogP contribution is -2.43. The average Bonchev–Trinajstić information content (AvgIpc) is 2.82. The van der Waals surface area contributed by atoms with Crippen molar-refractivity contribution in [2.75, 3.05) is 20.1 Å². The van der Waals surface area contributed by atoms with Crippen molar-refractivity contribution >= 4 is 50.9 Å². The highest BCUT2D eigenvalue weighted by Crippen LogP contribution is 2.28. The number of rotatable bonds is 4.